The molecule has 0 bridgehead atoms. The molecule has 0 saturated carbocycles. The van der Waals surface area contributed by atoms with Gasteiger partial charge in [-0.2, -0.15) is 0 Å². The van der Waals surface area contributed by atoms with Crippen molar-refractivity contribution >= 4 is 22.6 Å². The maximum atomic E-state index is 12.5. The summed E-state index contributed by atoms with van der Waals surface area (Å²) in [4.78, 5) is 25.7. The molecule has 1 heterocycles. The third-order valence-corrected chi connectivity index (χ3v) is 4.00. The fraction of sp³-hybridized carbons (Fsp3) is 0.294. The number of hydrogen-bond donors (Lipinski definition) is 1. The summed E-state index contributed by atoms with van der Waals surface area (Å²) in [6.07, 6.45) is 1.21. The molecule has 1 aliphatic rings. The highest BCUT2D eigenvalue weighted by Gasteiger charge is 2.24. The second-order valence-corrected chi connectivity index (χ2v) is 5.51. The lowest BCUT2D eigenvalue weighted by atomic mass is 10.0. The Labute approximate surface area is 123 Å². The van der Waals surface area contributed by atoms with Crippen LogP contribution in [0.25, 0.3) is 10.8 Å². The molecule has 4 nitrogen and oxygen atoms in total. The van der Waals surface area contributed by atoms with Crippen molar-refractivity contribution in [3.8, 4) is 0 Å². The molecular weight excluding hydrogens is 264 g/mol. The van der Waals surface area contributed by atoms with Gasteiger partial charge in [0.05, 0.1) is 0 Å². The first-order valence-electron chi connectivity index (χ1n) is 7.18. The van der Waals surface area contributed by atoms with Gasteiger partial charge in [-0.15, -0.1) is 0 Å². The van der Waals surface area contributed by atoms with Gasteiger partial charge in [0, 0.05) is 31.6 Å². The van der Waals surface area contributed by atoms with Gasteiger partial charge in [0.15, 0.2) is 0 Å². The predicted octanol–water partition coefficient (Wildman–Crippen LogP) is 2.19. The number of benzene rings is 2. The highest BCUT2D eigenvalue weighted by molar-refractivity contribution is 6.07. The lowest BCUT2D eigenvalue weighted by molar-refractivity contribution is -0.132. The summed E-state index contributed by atoms with van der Waals surface area (Å²) in [5.41, 5.74) is 0.688. The van der Waals surface area contributed by atoms with E-state index in [1.165, 1.54) is 0 Å². The third-order valence-electron chi connectivity index (χ3n) is 4.00. The number of likely N-dealkylation sites (tertiary alicyclic amines) is 1. The van der Waals surface area contributed by atoms with E-state index < -0.39 is 0 Å². The van der Waals surface area contributed by atoms with Gasteiger partial charge in [-0.1, -0.05) is 36.4 Å². The van der Waals surface area contributed by atoms with Gasteiger partial charge in [-0.25, -0.2) is 0 Å². The standard InChI is InChI=1S/C17H18N2O2/c1-19-11-13(9-10-16(19)20)18-17(21)15-8-4-6-12-5-2-3-7-14(12)15/h2-8,13H,9-11H2,1H3,(H,18,21). The van der Waals surface area contributed by atoms with E-state index in [-0.39, 0.29) is 17.9 Å². The summed E-state index contributed by atoms with van der Waals surface area (Å²) in [6, 6.07) is 13.6. The molecule has 1 saturated heterocycles. The number of nitrogens with one attached hydrogen (secondary N) is 1. The normalized spacial score (nSPS) is 18.8. The number of amides is 2. The molecule has 21 heavy (non-hydrogen) atoms. The van der Waals surface area contributed by atoms with E-state index in [1.807, 2.05) is 42.5 Å². The first kappa shape index (κ1) is 13.6. The SMILES string of the molecule is CN1CC(NC(=O)c2cccc3ccccc23)CCC1=O. The predicted molar refractivity (Wildman–Crippen MR) is 82.1 cm³/mol. The van der Waals surface area contributed by atoms with Crippen molar-refractivity contribution in [1.29, 1.82) is 0 Å². The Hall–Kier alpha value is -2.36. The second-order valence-electron chi connectivity index (χ2n) is 5.51. The van der Waals surface area contributed by atoms with Crippen LogP contribution >= 0.6 is 0 Å². The number of rotatable bonds is 2. The van der Waals surface area contributed by atoms with Crippen LogP contribution in [0.2, 0.25) is 0 Å². The molecule has 3 rings (SSSR count). The molecule has 0 aromatic heterocycles. The lowest BCUT2D eigenvalue weighted by Gasteiger charge is -2.30. The molecule has 108 valence electrons. The summed E-state index contributed by atoms with van der Waals surface area (Å²) in [6.45, 7) is 0.579. The minimum Gasteiger partial charge on any atom is -0.347 e. The fourth-order valence-corrected chi connectivity index (χ4v) is 2.82. The molecule has 0 spiro atoms. The van der Waals surface area contributed by atoms with Crippen LogP contribution in [0.1, 0.15) is 23.2 Å². The number of carbonyl (C=O) groups is 2. The molecule has 1 aliphatic heterocycles. The summed E-state index contributed by atoms with van der Waals surface area (Å²) < 4.78 is 0. The van der Waals surface area contributed by atoms with Crippen LogP contribution in [0.15, 0.2) is 42.5 Å². The number of hydrogen-bond acceptors (Lipinski definition) is 2. The second kappa shape index (κ2) is 5.56. The van der Waals surface area contributed by atoms with Gasteiger partial charge in [-0.05, 0) is 23.3 Å². The van der Waals surface area contributed by atoms with Gasteiger partial charge >= 0.3 is 0 Å². The van der Waals surface area contributed by atoms with E-state index in [9.17, 15) is 9.59 Å². The average Bonchev–Trinajstić information content (AvgIpc) is 2.50. The van der Waals surface area contributed by atoms with Crippen LogP contribution in [0.5, 0.6) is 0 Å². The monoisotopic (exact) mass is 282 g/mol. The quantitative estimate of drug-likeness (QED) is 0.918. The van der Waals surface area contributed by atoms with Crippen LogP contribution < -0.4 is 5.32 Å². The number of carbonyl (C=O) groups excluding carboxylic acids is 2. The zero-order chi connectivity index (χ0) is 14.8. The van der Waals surface area contributed by atoms with E-state index in [4.69, 9.17) is 0 Å². The van der Waals surface area contributed by atoms with E-state index >= 15 is 0 Å². The highest BCUT2D eigenvalue weighted by atomic mass is 16.2. The highest BCUT2D eigenvalue weighted by Crippen LogP contribution is 2.19. The molecule has 2 aromatic rings. The first-order chi connectivity index (χ1) is 10.1. The van der Waals surface area contributed by atoms with Crippen LogP contribution in [0, 0.1) is 0 Å². The van der Waals surface area contributed by atoms with Crippen molar-refractivity contribution in [2.75, 3.05) is 13.6 Å². The minimum atomic E-state index is -0.0699. The van der Waals surface area contributed by atoms with Crippen LogP contribution in [-0.4, -0.2) is 36.3 Å². The van der Waals surface area contributed by atoms with Crippen molar-refractivity contribution in [2.45, 2.75) is 18.9 Å². The van der Waals surface area contributed by atoms with Crippen molar-refractivity contribution in [3.63, 3.8) is 0 Å². The molecular formula is C17H18N2O2. The molecule has 1 fully saturated rings. The lowest BCUT2D eigenvalue weighted by Crippen LogP contribution is -2.48. The Balaban J connectivity index is 1.80. The smallest absolute Gasteiger partial charge is 0.252 e. The maximum absolute atomic E-state index is 12.5. The Bertz CT molecular complexity index is 691. The van der Waals surface area contributed by atoms with Gasteiger partial charge in [-0.3, -0.25) is 9.59 Å². The minimum absolute atomic E-state index is 0.0270. The van der Waals surface area contributed by atoms with Crippen LogP contribution in [0.3, 0.4) is 0 Å². The van der Waals surface area contributed by atoms with E-state index in [1.54, 1.807) is 11.9 Å². The molecule has 2 aromatic carbocycles. The average molecular weight is 282 g/mol. The molecule has 0 aliphatic carbocycles. The fourth-order valence-electron chi connectivity index (χ4n) is 2.82. The number of nitrogens with zero attached hydrogens (tertiary/aromatic N) is 1. The summed E-state index contributed by atoms with van der Waals surface area (Å²) in [5.74, 6) is 0.0743. The maximum Gasteiger partial charge on any atom is 0.252 e. The topological polar surface area (TPSA) is 49.4 Å². The number of likely N-dealkylation sites (N-methyl/N-ethyl adjacent to an activating group) is 1. The van der Waals surface area contributed by atoms with E-state index in [0.717, 1.165) is 10.8 Å². The van der Waals surface area contributed by atoms with Gasteiger partial charge in [0.1, 0.15) is 0 Å². The van der Waals surface area contributed by atoms with Gasteiger partial charge in [0.25, 0.3) is 5.91 Å². The van der Waals surface area contributed by atoms with E-state index in [0.29, 0.717) is 24.9 Å². The van der Waals surface area contributed by atoms with Crippen molar-refractivity contribution in [2.24, 2.45) is 0 Å². The number of piperidine rings is 1. The molecule has 1 N–H and O–H groups in total. The zero-order valence-electron chi connectivity index (χ0n) is 12.0. The van der Waals surface area contributed by atoms with Crippen molar-refractivity contribution < 1.29 is 9.59 Å². The molecule has 1 unspecified atom stereocenters. The molecule has 2 amide bonds. The largest absolute Gasteiger partial charge is 0.347 e. The van der Waals surface area contributed by atoms with Gasteiger partial charge < -0.3 is 10.2 Å². The summed E-state index contributed by atoms with van der Waals surface area (Å²) >= 11 is 0. The van der Waals surface area contributed by atoms with Crippen LogP contribution in [0.4, 0.5) is 0 Å². The Kier molecular flexibility index (Phi) is 3.60. The third kappa shape index (κ3) is 2.75. The first-order valence-corrected chi connectivity index (χ1v) is 7.18. The number of fused-ring (bicyclic) bond motifs is 1. The van der Waals surface area contributed by atoms with Crippen LogP contribution in [-0.2, 0) is 4.79 Å². The summed E-state index contributed by atoms with van der Waals surface area (Å²) in [5, 5.41) is 5.06. The molecule has 4 heteroatoms. The molecule has 0 radical (unpaired) electrons. The summed E-state index contributed by atoms with van der Waals surface area (Å²) in [7, 11) is 1.78. The molecule has 1 atom stereocenters. The van der Waals surface area contributed by atoms with Crippen molar-refractivity contribution in [1.82, 2.24) is 10.2 Å². The Morgan fingerprint density at radius 1 is 1.19 bits per heavy atom. The zero-order valence-corrected chi connectivity index (χ0v) is 12.0. The Morgan fingerprint density at radius 3 is 2.76 bits per heavy atom. The Morgan fingerprint density at radius 2 is 1.95 bits per heavy atom. The van der Waals surface area contributed by atoms with Gasteiger partial charge in [0.2, 0.25) is 5.91 Å². The van der Waals surface area contributed by atoms with E-state index in [2.05, 4.69) is 5.32 Å². The van der Waals surface area contributed by atoms with Crippen molar-refractivity contribution in [3.05, 3.63) is 48.0 Å².